The molecule has 0 saturated carbocycles. The molecule has 0 spiro atoms. The summed E-state index contributed by atoms with van der Waals surface area (Å²) in [6.45, 7) is 3.43. The summed E-state index contributed by atoms with van der Waals surface area (Å²) in [5.41, 5.74) is 1.23. The number of carbonyl (C=O) groups excluding carboxylic acids is 2. The number of nitrogens with zero attached hydrogens (tertiary/aromatic N) is 4. The number of H-pyrrole nitrogens is 1. The van der Waals surface area contributed by atoms with E-state index in [9.17, 15) is 14.0 Å². The zero-order chi connectivity index (χ0) is 22.0. The Hall–Kier alpha value is -3.27. The maximum Gasteiger partial charge on any atom is 0.317 e. The van der Waals surface area contributed by atoms with Crippen molar-refractivity contribution in [3.05, 3.63) is 35.5 Å². The molecule has 1 fully saturated rings. The number of rotatable bonds is 8. The Morgan fingerprint density at radius 3 is 3.00 bits per heavy atom. The molecule has 3 aromatic heterocycles. The van der Waals surface area contributed by atoms with Crippen LogP contribution >= 0.6 is 11.6 Å². The minimum Gasteiger partial charge on any atom is -0.358 e. The van der Waals surface area contributed by atoms with Crippen LogP contribution in [0.2, 0.25) is 5.02 Å². The smallest absolute Gasteiger partial charge is 0.317 e. The molecule has 11 heteroatoms. The van der Waals surface area contributed by atoms with E-state index in [-0.39, 0.29) is 29.9 Å². The van der Waals surface area contributed by atoms with Crippen LogP contribution < -0.4 is 10.6 Å². The number of urea groups is 1. The van der Waals surface area contributed by atoms with E-state index in [1.807, 2.05) is 0 Å². The second-order valence-electron chi connectivity index (χ2n) is 7.30. The van der Waals surface area contributed by atoms with Crippen molar-refractivity contribution >= 4 is 40.3 Å². The van der Waals surface area contributed by atoms with Crippen LogP contribution in [0.4, 0.5) is 15.0 Å². The largest absolute Gasteiger partial charge is 0.358 e. The molecular formula is C20H21ClFN7O2. The molecule has 0 bridgehead atoms. The Morgan fingerprint density at radius 1 is 1.39 bits per heavy atom. The van der Waals surface area contributed by atoms with Crippen molar-refractivity contribution in [2.24, 2.45) is 0 Å². The Balaban J connectivity index is 1.43. The normalized spacial score (nSPS) is 14.7. The molecule has 9 nitrogen and oxygen atoms in total. The minimum absolute atomic E-state index is 0.0610. The maximum atomic E-state index is 14.3. The fraction of sp³-hybridized carbons (Fsp3) is 0.350. The van der Waals surface area contributed by atoms with Crippen LogP contribution in [0, 0.1) is 5.82 Å². The predicted octanol–water partition coefficient (Wildman–Crippen LogP) is 2.99. The Labute approximate surface area is 182 Å². The first kappa shape index (κ1) is 21.0. The number of nitrogens with one attached hydrogen (secondary N) is 3. The number of halogens is 2. The number of hydrogen-bond acceptors (Lipinski definition) is 6. The van der Waals surface area contributed by atoms with Crippen LogP contribution in [0.15, 0.2) is 24.7 Å². The van der Waals surface area contributed by atoms with Gasteiger partial charge in [-0.05, 0) is 19.4 Å². The third-order valence-electron chi connectivity index (χ3n) is 5.12. The molecule has 1 atom stereocenters. The summed E-state index contributed by atoms with van der Waals surface area (Å²) in [5, 5.41) is 6.73. The van der Waals surface area contributed by atoms with Gasteiger partial charge in [0, 0.05) is 49.4 Å². The molecule has 1 aliphatic rings. The predicted molar refractivity (Wildman–Crippen MR) is 114 cm³/mol. The van der Waals surface area contributed by atoms with Gasteiger partial charge in [-0.1, -0.05) is 11.6 Å². The van der Waals surface area contributed by atoms with Gasteiger partial charge in [0.25, 0.3) is 0 Å². The van der Waals surface area contributed by atoms with Crippen molar-refractivity contribution in [3.63, 3.8) is 0 Å². The van der Waals surface area contributed by atoms with Gasteiger partial charge in [0.05, 0.1) is 17.3 Å². The van der Waals surface area contributed by atoms with Gasteiger partial charge in [-0.2, -0.15) is 0 Å². The van der Waals surface area contributed by atoms with Gasteiger partial charge >= 0.3 is 6.03 Å². The lowest BCUT2D eigenvalue weighted by molar-refractivity contribution is -0.119. The highest BCUT2D eigenvalue weighted by molar-refractivity contribution is 6.31. The zero-order valence-electron chi connectivity index (χ0n) is 16.8. The Morgan fingerprint density at radius 2 is 2.23 bits per heavy atom. The molecule has 4 heterocycles. The van der Waals surface area contributed by atoms with Gasteiger partial charge in [-0.25, -0.2) is 24.1 Å². The number of amides is 2. The lowest BCUT2D eigenvalue weighted by atomic mass is 10.1. The number of ketones is 1. The molecule has 31 heavy (non-hydrogen) atoms. The van der Waals surface area contributed by atoms with Gasteiger partial charge in [0.1, 0.15) is 5.65 Å². The first-order valence-corrected chi connectivity index (χ1v) is 10.3. The molecule has 4 rings (SSSR count). The highest BCUT2D eigenvalue weighted by Crippen LogP contribution is 2.28. The molecule has 1 saturated heterocycles. The van der Waals surface area contributed by atoms with E-state index in [0.717, 1.165) is 6.20 Å². The van der Waals surface area contributed by atoms with Crippen molar-refractivity contribution in [2.45, 2.75) is 25.8 Å². The molecule has 1 aliphatic heterocycles. The quantitative estimate of drug-likeness (QED) is 0.491. The molecule has 0 aliphatic carbocycles. The average molecular weight is 446 g/mol. The van der Waals surface area contributed by atoms with E-state index < -0.39 is 11.9 Å². The zero-order valence-corrected chi connectivity index (χ0v) is 17.5. The fourth-order valence-electron chi connectivity index (χ4n) is 3.43. The van der Waals surface area contributed by atoms with Gasteiger partial charge in [-0.3, -0.25) is 4.79 Å². The molecule has 0 aromatic carbocycles. The SMILES string of the molecule is C[C@H](Nc1nc(-c2c[nH]c3ncc(Cl)cc23)ncc1F)C(=O)CCCN1CCNC1=O. The summed E-state index contributed by atoms with van der Waals surface area (Å²) in [7, 11) is 0. The Bertz CT molecular complexity index is 1140. The van der Waals surface area contributed by atoms with E-state index >= 15 is 0 Å². The minimum atomic E-state index is -0.659. The first-order valence-electron chi connectivity index (χ1n) is 9.90. The Kier molecular flexibility index (Phi) is 5.99. The van der Waals surface area contributed by atoms with Gasteiger partial charge in [0.2, 0.25) is 0 Å². The highest BCUT2D eigenvalue weighted by atomic mass is 35.5. The third-order valence-corrected chi connectivity index (χ3v) is 5.32. The van der Waals surface area contributed by atoms with Gasteiger partial charge in [0.15, 0.2) is 23.2 Å². The summed E-state index contributed by atoms with van der Waals surface area (Å²) < 4.78 is 14.3. The summed E-state index contributed by atoms with van der Waals surface area (Å²) in [6.07, 6.45) is 5.06. The van der Waals surface area contributed by atoms with E-state index in [2.05, 4.69) is 30.6 Å². The monoisotopic (exact) mass is 445 g/mol. The van der Waals surface area contributed by atoms with Crippen LogP contribution in [0.1, 0.15) is 19.8 Å². The standard InChI is InChI=1S/C20H21ClFN7O2/c1-11(16(30)3-2-5-29-6-4-23-20(29)31)27-19-15(22)10-26-18(28-19)14-9-25-17-13(14)7-12(21)8-24-17/h7-11H,2-6H2,1H3,(H,23,31)(H,24,25)(H,26,27,28)/t11-/m0/s1. The number of anilines is 1. The van der Waals surface area contributed by atoms with E-state index in [1.165, 1.54) is 6.20 Å². The molecule has 3 aromatic rings. The van der Waals surface area contributed by atoms with Crippen LogP contribution in [-0.4, -0.2) is 62.3 Å². The van der Waals surface area contributed by atoms with Crippen LogP contribution in [0.5, 0.6) is 0 Å². The van der Waals surface area contributed by atoms with E-state index in [4.69, 9.17) is 11.6 Å². The lowest BCUT2D eigenvalue weighted by Crippen LogP contribution is -2.31. The second kappa shape index (κ2) is 8.84. The number of aromatic amines is 1. The third kappa shape index (κ3) is 4.58. The number of fused-ring (bicyclic) bond motifs is 1. The topological polar surface area (TPSA) is 116 Å². The molecule has 0 unspecified atom stereocenters. The van der Waals surface area contributed by atoms with Crippen molar-refractivity contribution in [3.8, 4) is 11.4 Å². The number of pyridine rings is 1. The van der Waals surface area contributed by atoms with Crippen molar-refractivity contribution in [1.82, 2.24) is 30.2 Å². The number of aromatic nitrogens is 4. The molecule has 162 valence electrons. The number of carbonyl (C=O) groups is 2. The number of Topliss-reactive ketones (excluding diaryl/α,β-unsaturated/α-hetero) is 1. The van der Waals surface area contributed by atoms with Crippen molar-refractivity contribution in [2.75, 3.05) is 25.0 Å². The maximum absolute atomic E-state index is 14.3. The van der Waals surface area contributed by atoms with Crippen LogP contribution in [0.3, 0.4) is 0 Å². The molecular weight excluding hydrogens is 425 g/mol. The molecule has 2 amide bonds. The van der Waals surface area contributed by atoms with E-state index in [0.29, 0.717) is 47.7 Å². The number of hydrogen-bond donors (Lipinski definition) is 3. The average Bonchev–Trinajstić information content (AvgIpc) is 3.35. The van der Waals surface area contributed by atoms with Crippen LogP contribution in [0.25, 0.3) is 22.4 Å². The summed E-state index contributed by atoms with van der Waals surface area (Å²) in [4.78, 5) is 41.2. The fourth-order valence-corrected chi connectivity index (χ4v) is 3.59. The lowest BCUT2D eigenvalue weighted by Gasteiger charge is -2.16. The molecule has 3 N–H and O–H groups in total. The van der Waals surface area contributed by atoms with Crippen molar-refractivity contribution < 1.29 is 14.0 Å². The highest BCUT2D eigenvalue weighted by Gasteiger charge is 2.21. The van der Waals surface area contributed by atoms with Gasteiger partial charge in [-0.15, -0.1) is 0 Å². The first-order chi connectivity index (χ1) is 14.9. The summed E-state index contributed by atoms with van der Waals surface area (Å²) >= 11 is 6.03. The summed E-state index contributed by atoms with van der Waals surface area (Å²) in [6, 6.07) is 0.967. The van der Waals surface area contributed by atoms with Gasteiger partial charge < -0.3 is 20.5 Å². The second-order valence-corrected chi connectivity index (χ2v) is 7.73. The summed E-state index contributed by atoms with van der Waals surface area (Å²) in [5.74, 6) is -0.539. The van der Waals surface area contributed by atoms with E-state index in [1.54, 1.807) is 24.1 Å². The molecule has 0 radical (unpaired) electrons. The van der Waals surface area contributed by atoms with Crippen molar-refractivity contribution in [1.29, 1.82) is 0 Å². The van der Waals surface area contributed by atoms with Crippen LogP contribution in [-0.2, 0) is 4.79 Å².